The van der Waals surface area contributed by atoms with Gasteiger partial charge in [-0.15, -0.1) is 11.8 Å². The zero-order chi connectivity index (χ0) is 13.2. The molecule has 0 amide bonds. The minimum atomic E-state index is -0.427. The fourth-order valence-electron chi connectivity index (χ4n) is 1.40. The van der Waals surface area contributed by atoms with E-state index in [0.717, 1.165) is 29.9 Å². The van der Waals surface area contributed by atoms with Gasteiger partial charge < -0.3 is 14.9 Å². The van der Waals surface area contributed by atoms with Gasteiger partial charge in [0.25, 0.3) is 0 Å². The highest BCUT2D eigenvalue weighted by molar-refractivity contribution is 7.99. The van der Waals surface area contributed by atoms with E-state index < -0.39 is 6.10 Å². The summed E-state index contributed by atoms with van der Waals surface area (Å²) in [5.41, 5.74) is 0.905. The van der Waals surface area contributed by atoms with Crippen LogP contribution in [0.2, 0.25) is 0 Å². The van der Waals surface area contributed by atoms with Crippen LogP contribution in [0.3, 0.4) is 0 Å². The number of thioether (sulfide) groups is 1. The average molecular weight is 270 g/mol. The largest absolute Gasteiger partial charge is 0.392 e. The van der Waals surface area contributed by atoms with Crippen LogP contribution in [0.25, 0.3) is 0 Å². The maximum atomic E-state index is 9.72. The van der Waals surface area contributed by atoms with Crippen molar-refractivity contribution in [1.82, 2.24) is 0 Å². The third-order valence-electron chi connectivity index (χ3n) is 2.50. The first-order valence-electron chi connectivity index (χ1n) is 6.34. The summed E-state index contributed by atoms with van der Waals surface area (Å²) in [5.74, 6) is 0.630. The molecule has 0 spiro atoms. The van der Waals surface area contributed by atoms with Crippen LogP contribution in [0.1, 0.15) is 25.3 Å². The first kappa shape index (κ1) is 15.5. The van der Waals surface area contributed by atoms with Gasteiger partial charge in [-0.2, -0.15) is 0 Å². The van der Waals surface area contributed by atoms with E-state index in [0.29, 0.717) is 12.4 Å². The highest BCUT2D eigenvalue weighted by Gasteiger charge is 2.05. The van der Waals surface area contributed by atoms with Crippen LogP contribution < -0.4 is 0 Å². The van der Waals surface area contributed by atoms with Gasteiger partial charge in [0.15, 0.2) is 0 Å². The topological polar surface area (TPSA) is 49.7 Å². The molecule has 0 aliphatic carbocycles. The molecule has 1 aromatic carbocycles. The molecule has 0 aliphatic heterocycles. The van der Waals surface area contributed by atoms with Crippen molar-refractivity contribution in [2.24, 2.45) is 0 Å². The normalized spacial score (nSPS) is 12.6. The smallest absolute Gasteiger partial charge is 0.0867 e. The van der Waals surface area contributed by atoms with E-state index in [2.05, 4.69) is 6.92 Å². The lowest BCUT2D eigenvalue weighted by molar-refractivity contribution is 0.0473. The number of aliphatic hydroxyl groups is 2. The highest BCUT2D eigenvalue weighted by atomic mass is 32.2. The summed E-state index contributed by atoms with van der Waals surface area (Å²) in [4.78, 5) is 1.10. The summed E-state index contributed by atoms with van der Waals surface area (Å²) < 4.78 is 5.36. The fraction of sp³-hybridized carbons (Fsp3) is 0.571. The summed E-state index contributed by atoms with van der Waals surface area (Å²) in [6.45, 7) is 3.32. The van der Waals surface area contributed by atoms with Gasteiger partial charge in [0, 0.05) is 17.3 Å². The van der Waals surface area contributed by atoms with Gasteiger partial charge in [-0.05, 0) is 24.1 Å². The molecule has 0 saturated carbocycles. The Hall–Kier alpha value is -0.550. The summed E-state index contributed by atoms with van der Waals surface area (Å²) in [6.07, 6.45) is 1.73. The SMILES string of the molecule is CCCCOCC(O)CSc1ccc(CO)cc1. The maximum absolute atomic E-state index is 9.72. The second kappa shape index (κ2) is 9.39. The zero-order valence-electron chi connectivity index (χ0n) is 10.8. The molecule has 102 valence electrons. The molecule has 0 aliphatic rings. The van der Waals surface area contributed by atoms with Gasteiger partial charge in [-0.25, -0.2) is 0 Å². The molecular weight excluding hydrogens is 248 g/mol. The van der Waals surface area contributed by atoms with Crippen LogP contribution in [0.15, 0.2) is 29.2 Å². The van der Waals surface area contributed by atoms with E-state index in [1.54, 1.807) is 11.8 Å². The zero-order valence-corrected chi connectivity index (χ0v) is 11.7. The Morgan fingerprint density at radius 2 is 2.00 bits per heavy atom. The summed E-state index contributed by atoms with van der Waals surface area (Å²) in [6, 6.07) is 7.71. The molecule has 1 rings (SSSR count). The lowest BCUT2D eigenvalue weighted by Gasteiger charge is -2.11. The molecule has 2 N–H and O–H groups in total. The number of ether oxygens (including phenoxy) is 1. The summed E-state index contributed by atoms with van der Waals surface area (Å²) >= 11 is 1.60. The van der Waals surface area contributed by atoms with Gasteiger partial charge in [0.1, 0.15) is 0 Å². The third-order valence-corrected chi connectivity index (χ3v) is 3.66. The van der Waals surface area contributed by atoms with Crippen LogP contribution in [-0.4, -0.2) is 35.3 Å². The van der Waals surface area contributed by atoms with Crippen molar-refractivity contribution in [2.75, 3.05) is 19.0 Å². The lowest BCUT2D eigenvalue weighted by atomic mass is 10.2. The molecule has 1 unspecified atom stereocenters. The van der Waals surface area contributed by atoms with E-state index in [-0.39, 0.29) is 6.61 Å². The number of unbranched alkanes of at least 4 members (excludes halogenated alkanes) is 1. The molecule has 0 aromatic heterocycles. The first-order chi connectivity index (χ1) is 8.76. The predicted molar refractivity (Wildman–Crippen MR) is 74.8 cm³/mol. The predicted octanol–water partition coefficient (Wildman–Crippen LogP) is 2.45. The van der Waals surface area contributed by atoms with Crippen molar-refractivity contribution in [3.05, 3.63) is 29.8 Å². The Morgan fingerprint density at radius 3 is 2.61 bits per heavy atom. The second-order valence-corrected chi connectivity index (χ2v) is 5.29. The third kappa shape index (κ3) is 6.40. The number of hydrogen-bond acceptors (Lipinski definition) is 4. The van der Waals surface area contributed by atoms with Gasteiger partial charge in [0.2, 0.25) is 0 Å². The van der Waals surface area contributed by atoms with Crippen LogP contribution in [0.4, 0.5) is 0 Å². The first-order valence-corrected chi connectivity index (χ1v) is 7.33. The molecule has 1 atom stereocenters. The van der Waals surface area contributed by atoms with E-state index in [1.807, 2.05) is 24.3 Å². The summed E-state index contributed by atoms with van der Waals surface area (Å²) in [5, 5.41) is 18.6. The Kier molecular flexibility index (Phi) is 8.09. The number of benzene rings is 1. The number of aliphatic hydroxyl groups excluding tert-OH is 2. The molecule has 0 radical (unpaired) electrons. The molecular formula is C14H22O3S. The minimum absolute atomic E-state index is 0.0683. The minimum Gasteiger partial charge on any atom is -0.392 e. The molecule has 4 heteroatoms. The van der Waals surface area contributed by atoms with Gasteiger partial charge >= 0.3 is 0 Å². The van der Waals surface area contributed by atoms with Gasteiger partial charge in [0.05, 0.1) is 19.3 Å². The Bertz CT molecular complexity index is 313. The average Bonchev–Trinajstić information content (AvgIpc) is 2.42. The van der Waals surface area contributed by atoms with Crippen LogP contribution >= 0.6 is 11.8 Å². The maximum Gasteiger partial charge on any atom is 0.0867 e. The quantitative estimate of drug-likeness (QED) is 0.534. The van der Waals surface area contributed by atoms with Crippen molar-refractivity contribution >= 4 is 11.8 Å². The van der Waals surface area contributed by atoms with Crippen molar-refractivity contribution in [1.29, 1.82) is 0 Å². The molecule has 0 saturated heterocycles. The Labute approximate surface area is 113 Å². The molecule has 3 nitrogen and oxygen atoms in total. The fourth-order valence-corrected chi connectivity index (χ4v) is 2.21. The van der Waals surface area contributed by atoms with E-state index in [1.165, 1.54) is 0 Å². The van der Waals surface area contributed by atoms with Crippen molar-refractivity contribution in [3.63, 3.8) is 0 Å². The molecule has 0 bridgehead atoms. The van der Waals surface area contributed by atoms with Crippen molar-refractivity contribution in [3.8, 4) is 0 Å². The van der Waals surface area contributed by atoms with E-state index in [4.69, 9.17) is 9.84 Å². The van der Waals surface area contributed by atoms with Crippen LogP contribution in [-0.2, 0) is 11.3 Å². The number of rotatable bonds is 9. The van der Waals surface area contributed by atoms with Crippen molar-refractivity contribution < 1.29 is 14.9 Å². The summed E-state index contributed by atoms with van der Waals surface area (Å²) in [7, 11) is 0. The van der Waals surface area contributed by atoms with Gasteiger partial charge in [-0.1, -0.05) is 25.5 Å². The molecule has 0 fully saturated rings. The van der Waals surface area contributed by atoms with E-state index in [9.17, 15) is 5.11 Å². The number of hydrogen-bond donors (Lipinski definition) is 2. The molecule has 0 heterocycles. The monoisotopic (exact) mass is 270 g/mol. The molecule has 18 heavy (non-hydrogen) atoms. The standard InChI is InChI=1S/C14H22O3S/c1-2-3-8-17-10-13(16)11-18-14-6-4-12(9-15)5-7-14/h4-7,13,15-16H,2-3,8-11H2,1H3. The Morgan fingerprint density at radius 1 is 1.28 bits per heavy atom. The Balaban J connectivity index is 2.18. The van der Waals surface area contributed by atoms with E-state index >= 15 is 0 Å². The van der Waals surface area contributed by atoms with Gasteiger partial charge in [-0.3, -0.25) is 0 Å². The molecule has 1 aromatic rings. The lowest BCUT2D eigenvalue weighted by Crippen LogP contribution is -2.18. The van der Waals surface area contributed by atoms with Crippen LogP contribution in [0, 0.1) is 0 Å². The van der Waals surface area contributed by atoms with Crippen molar-refractivity contribution in [2.45, 2.75) is 37.4 Å². The van der Waals surface area contributed by atoms with Crippen LogP contribution in [0.5, 0.6) is 0 Å². The highest BCUT2D eigenvalue weighted by Crippen LogP contribution is 2.19. The second-order valence-electron chi connectivity index (χ2n) is 4.20.